The maximum absolute atomic E-state index is 14.2. The number of benzene rings is 2. The Morgan fingerprint density at radius 3 is 2.50 bits per heavy atom. The van der Waals surface area contributed by atoms with Crippen molar-refractivity contribution in [2.75, 3.05) is 32.7 Å². The molecule has 3 heterocycles. The van der Waals surface area contributed by atoms with Crippen molar-refractivity contribution in [3.63, 3.8) is 0 Å². The molecule has 3 aromatic rings. The molecule has 0 aliphatic carbocycles. The van der Waals surface area contributed by atoms with E-state index in [2.05, 4.69) is 30.8 Å². The van der Waals surface area contributed by atoms with Gasteiger partial charge in [-0.3, -0.25) is 9.59 Å². The van der Waals surface area contributed by atoms with E-state index in [0.717, 1.165) is 31.6 Å². The number of tetrazole rings is 1. The van der Waals surface area contributed by atoms with Crippen molar-refractivity contribution in [1.82, 2.24) is 35.7 Å². The number of halogens is 2. The summed E-state index contributed by atoms with van der Waals surface area (Å²) < 4.78 is 14.2. The Morgan fingerprint density at radius 2 is 1.83 bits per heavy atom. The van der Waals surface area contributed by atoms with Crippen LogP contribution in [0.4, 0.5) is 4.39 Å². The minimum absolute atomic E-state index is 0.0430. The van der Waals surface area contributed by atoms with Crippen LogP contribution >= 0.6 is 11.6 Å². The van der Waals surface area contributed by atoms with Gasteiger partial charge in [0.15, 0.2) is 5.82 Å². The van der Waals surface area contributed by atoms with Crippen molar-refractivity contribution >= 4 is 23.4 Å². The van der Waals surface area contributed by atoms with Crippen molar-refractivity contribution in [2.45, 2.75) is 18.9 Å². The summed E-state index contributed by atoms with van der Waals surface area (Å²) in [5.41, 5.74) is 0.998. The van der Waals surface area contributed by atoms with Gasteiger partial charge in [-0.15, -0.1) is 5.10 Å². The van der Waals surface area contributed by atoms with Crippen LogP contribution in [0.5, 0.6) is 0 Å². The van der Waals surface area contributed by atoms with E-state index < -0.39 is 5.82 Å². The van der Waals surface area contributed by atoms with Crippen LogP contribution in [-0.4, -0.2) is 75.0 Å². The molecule has 3 atom stereocenters. The lowest BCUT2D eigenvalue weighted by atomic mass is 10.0. The van der Waals surface area contributed by atoms with E-state index in [1.54, 1.807) is 11.0 Å². The molecule has 36 heavy (non-hydrogen) atoms. The Hall–Kier alpha value is -3.37. The molecular formula is C25H27ClFN7O2. The molecule has 0 radical (unpaired) electrons. The maximum atomic E-state index is 14.2. The highest BCUT2D eigenvalue weighted by Crippen LogP contribution is 2.33. The molecule has 2 amide bonds. The highest BCUT2D eigenvalue weighted by Gasteiger charge is 2.42. The first-order valence-electron chi connectivity index (χ1n) is 12.0. The van der Waals surface area contributed by atoms with Gasteiger partial charge in [0.2, 0.25) is 5.91 Å². The molecule has 0 spiro atoms. The Bertz CT molecular complexity index is 1180. The van der Waals surface area contributed by atoms with Crippen LogP contribution in [0.15, 0.2) is 48.5 Å². The topological polar surface area (TPSA) is 107 Å². The van der Waals surface area contributed by atoms with Gasteiger partial charge in [0, 0.05) is 32.7 Å². The highest BCUT2D eigenvalue weighted by molar-refractivity contribution is 6.33. The van der Waals surface area contributed by atoms with Gasteiger partial charge < -0.3 is 15.1 Å². The van der Waals surface area contributed by atoms with Gasteiger partial charge >= 0.3 is 0 Å². The standard InChI is InChI=1S/C25H27ClFN7O2/c26-19-7-4-8-20(27)24(19)25(36)34-14-17-12-33(13-18(17)15-34)10-9-21(16-5-2-1-3-6-16)28-23(35)11-22-29-31-32-30-22/h1-8,17-18,21H,9-15H2,(H,28,35)(H,29,30,31,32)/t17?,18?,21-/m0/s1. The summed E-state index contributed by atoms with van der Waals surface area (Å²) in [6.07, 6.45) is 0.831. The first kappa shape index (κ1) is 24.3. The minimum Gasteiger partial charge on any atom is -0.349 e. The third-order valence-electron chi connectivity index (χ3n) is 7.01. The first-order valence-corrected chi connectivity index (χ1v) is 12.4. The van der Waals surface area contributed by atoms with E-state index in [1.165, 1.54) is 12.1 Å². The molecule has 2 saturated heterocycles. The minimum atomic E-state index is -0.584. The van der Waals surface area contributed by atoms with E-state index in [9.17, 15) is 14.0 Å². The van der Waals surface area contributed by atoms with Gasteiger partial charge in [-0.25, -0.2) is 9.49 Å². The Kier molecular flexibility index (Phi) is 7.24. The largest absolute Gasteiger partial charge is 0.349 e. The van der Waals surface area contributed by atoms with Crippen molar-refractivity contribution in [3.8, 4) is 0 Å². The molecule has 1 aromatic heterocycles. The van der Waals surface area contributed by atoms with Crippen molar-refractivity contribution in [3.05, 3.63) is 76.3 Å². The molecule has 188 valence electrons. The number of nitrogens with zero attached hydrogens (tertiary/aromatic N) is 5. The van der Waals surface area contributed by atoms with Crippen LogP contribution in [-0.2, 0) is 11.2 Å². The molecule has 2 aliphatic heterocycles. The van der Waals surface area contributed by atoms with E-state index in [-0.39, 0.29) is 34.9 Å². The third kappa shape index (κ3) is 5.39. The number of carbonyl (C=O) groups is 2. The first-order chi connectivity index (χ1) is 17.5. The highest BCUT2D eigenvalue weighted by atomic mass is 35.5. The number of rotatable bonds is 8. The van der Waals surface area contributed by atoms with Gasteiger partial charge in [0.1, 0.15) is 5.82 Å². The second kappa shape index (κ2) is 10.7. The molecule has 5 rings (SSSR count). The van der Waals surface area contributed by atoms with E-state index in [1.807, 2.05) is 30.3 Å². The average molecular weight is 512 g/mol. The number of likely N-dealkylation sites (tertiary alicyclic amines) is 2. The van der Waals surface area contributed by atoms with Crippen molar-refractivity contribution in [2.24, 2.45) is 11.8 Å². The summed E-state index contributed by atoms with van der Waals surface area (Å²) in [5.74, 6) is 0.0168. The normalized spacial score (nSPS) is 20.3. The van der Waals surface area contributed by atoms with Crippen LogP contribution in [0.25, 0.3) is 0 Å². The predicted molar refractivity (Wildman–Crippen MR) is 131 cm³/mol. The Morgan fingerprint density at radius 1 is 1.08 bits per heavy atom. The summed E-state index contributed by atoms with van der Waals surface area (Å²) >= 11 is 6.11. The summed E-state index contributed by atoms with van der Waals surface area (Å²) in [5, 5.41) is 16.7. The Balaban J connectivity index is 1.16. The molecule has 2 aromatic carbocycles. The number of hydrogen-bond donors (Lipinski definition) is 2. The van der Waals surface area contributed by atoms with Gasteiger partial charge in [0.05, 0.1) is 23.0 Å². The molecular weight excluding hydrogens is 485 g/mol. The second-order valence-electron chi connectivity index (χ2n) is 9.43. The lowest BCUT2D eigenvalue weighted by Crippen LogP contribution is -2.36. The number of aromatic amines is 1. The predicted octanol–water partition coefficient (Wildman–Crippen LogP) is 2.49. The molecule has 2 aliphatic rings. The number of nitrogens with one attached hydrogen (secondary N) is 2. The van der Waals surface area contributed by atoms with Crippen LogP contribution in [0.1, 0.15) is 34.2 Å². The molecule has 2 fully saturated rings. The fourth-order valence-electron chi connectivity index (χ4n) is 5.27. The lowest BCUT2D eigenvalue weighted by molar-refractivity contribution is -0.121. The van der Waals surface area contributed by atoms with Crippen LogP contribution < -0.4 is 5.32 Å². The molecule has 2 N–H and O–H groups in total. The smallest absolute Gasteiger partial charge is 0.258 e. The number of carbonyl (C=O) groups excluding carboxylic acids is 2. The third-order valence-corrected chi connectivity index (χ3v) is 7.33. The number of H-pyrrole nitrogens is 1. The quantitative estimate of drug-likeness (QED) is 0.481. The van der Waals surface area contributed by atoms with Gasteiger partial charge in [0.25, 0.3) is 5.91 Å². The molecule has 0 bridgehead atoms. The zero-order valence-corrected chi connectivity index (χ0v) is 20.4. The molecule has 2 unspecified atom stereocenters. The fourth-order valence-corrected chi connectivity index (χ4v) is 5.51. The SMILES string of the molecule is O=C(Cc1nnn[nH]1)N[C@@H](CCN1CC2CN(C(=O)c3c(F)cccc3Cl)CC2C1)c1ccccc1. The molecule has 0 saturated carbocycles. The lowest BCUT2D eigenvalue weighted by Gasteiger charge is -2.25. The van der Waals surface area contributed by atoms with Gasteiger partial charge in [-0.05, 0) is 46.4 Å². The van der Waals surface area contributed by atoms with E-state index in [0.29, 0.717) is 30.7 Å². The molecule has 11 heteroatoms. The van der Waals surface area contributed by atoms with Crippen molar-refractivity contribution < 1.29 is 14.0 Å². The summed E-state index contributed by atoms with van der Waals surface area (Å²) in [7, 11) is 0. The van der Waals surface area contributed by atoms with Crippen LogP contribution in [0, 0.1) is 17.7 Å². The summed E-state index contributed by atoms with van der Waals surface area (Å²) in [6, 6.07) is 14.1. The Labute approximate surface area is 213 Å². The monoisotopic (exact) mass is 511 g/mol. The number of amides is 2. The zero-order chi connectivity index (χ0) is 25.1. The van der Waals surface area contributed by atoms with Gasteiger partial charge in [-0.1, -0.05) is 48.0 Å². The van der Waals surface area contributed by atoms with Crippen molar-refractivity contribution in [1.29, 1.82) is 0 Å². The second-order valence-corrected chi connectivity index (χ2v) is 9.84. The van der Waals surface area contributed by atoms with E-state index in [4.69, 9.17) is 11.6 Å². The zero-order valence-electron chi connectivity index (χ0n) is 19.6. The van der Waals surface area contributed by atoms with Gasteiger partial charge in [-0.2, -0.15) is 0 Å². The maximum Gasteiger partial charge on any atom is 0.258 e. The average Bonchev–Trinajstić information content (AvgIpc) is 3.59. The number of aromatic nitrogens is 4. The number of fused-ring (bicyclic) bond motifs is 1. The summed E-state index contributed by atoms with van der Waals surface area (Å²) in [4.78, 5) is 29.6. The fraction of sp³-hybridized carbons (Fsp3) is 0.400. The number of hydrogen-bond acceptors (Lipinski definition) is 6. The van der Waals surface area contributed by atoms with Crippen LogP contribution in [0.2, 0.25) is 5.02 Å². The van der Waals surface area contributed by atoms with E-state index >= 15 is 0 Å². The molecule has 9 nitrogen and oxygen atoms in total. The van der Waals surface area contributed by atoms with Crippen LogP contribution in [0.3, 0.4) is 0 Å². The summed E-state index contributed by atoms with van der Waals surface area (Å²) in [6.45, 7) is 3.71.